The summed E-state index contributed by atoms with van der Waals surface area (Å²) < 4.78 is 70.7. The molecule has 0 radical (unpaired) electrons. The number of carbonyl (C=O) groups is 2. The maximum Gasteiger partial charge on any atom is 0.261 e. The van der Waals surface area contributed by atoms with Crippen LogP contribution in [0, 0.1) is 11.6 Å². The molecular weight excluding hydrogens is 632 g/mol. The Bertz CT molecular complexity index is 1770. The number of amides is 2. The minimum absolute atomic E-state index is 0.0129. The van der Waals surface area contributed by atoms with Gasteiger partial charge in [-0.3, -0.25) is 14.3 Å². The SMILES string of the molecule is COc1ccc(CCNC(=O)[C@@H](C)N(Cc2ccc(F)cc2)C(=O)COc2ccc(S(=O)(=O)Nc3ccc(F)cc3)cc2)cc1OC. The molecule has 0 aliphatic carbocycles. The summed E-state index contributed by atoms with van der Waals surface area (Å²) in [5.74, 6) is -0.483. The van der Waals surface area contributed by atoms with E-state index in [1.54, 1.807) is 20.1 Å². The summed E-state index contributed by atoms with van der Waals surface area (Å²) in [5.41, 5.74) is 1.71. The Morgan fingerprint density at radius 2 is 1.40 bits per heavy atom. The second-order valence-electron chi connectivity index (χ2n) is 10.4. The molecule has 0 saturated heterocycles. The fourth-order valence-corrected chi connectivity index (χ4v) is 5.62. The van der Waals surface area contributed by atoms with Crippen LogP contribution in [0.5, 0.6) is 17.2 Å². The van der Waals surface area contributed by atoms with Crippen molar-refractivity contribution in [2.24, 2.45) is 0 Å². The number of carbonyl (C=O) groups excluding carboxylic acids is 2. The Morgan fingerprint density at radius 3 is 2.02 bits per heavy atom. The van der Waals surface area contributed by atoms with E-state index in [0.717, 1.165) is 17.7 Å². The van der Waals surface area contributed by atoms with Gasteiger partial charge >= 0.3 is 0 Å². The molecule has 0 spiro atoms. The molecular formula is C34H35F2N3O7S. The second kappa shape index (κ2) is 15.9. The van der Waals surface area contributed by atoms with E-state index >= 15 is 0 Å². The lowest BCUT2D eigenvalue weighted by atomic mass is 10.1. The number of hydrogen-bond donors (Lipinski definition) is 2. The van der Waals surface area contributed by atoms with Gasteiger partial charge in [0.25, 0.3) is 15.9 Å². The van der Waals surface area contributed by atoms with Gasteiger partial charge in [0.1, 0.15) is 23.4 Å². The molecule has 1 atom stereocenters. The minimum atomic E-state index is -3.96. The monoisotopic (exact) mass is 667 g/mol. The van der Waals surface area contributed by atoms with Gasteiger partial charge < -0.3 is 24.4 Å². The molecule has 4 aromatic rings. The van der Waals surface area contributed by atoms with Crippen LogP contribution in [0.4, 0.5) is 14.5 Å². The standard InChI is InChI=1S/C34H35F2N3O7S/c1-23(34(41)37-19-18-24-6-17-31(44-2)32(20-24)45-3)39(21-25-4-7-26(35)8-5-25)33(40)22-46-29-13-15-30(16-14-29)47(42,43)38-28-11-9-27(36)10-12-28/h4-17,20,23,38H,18-19,21-22H2,1-3H3,(H,37,41)/t23-/m1/s1. The van der Waals surface area contributed by atoms with Crippen molar-refractivity contribution in [1.82, 2.24) is 10.2 Å². The van der Waals surface area contributed by atoms with E-state index in [1.807, 2.05) is 12.1 Å². The van der Waals surface area contributed by atoms with Crippen molar-refractivity contribution >= 4 is 27.5 Å². The molecule has 0 saturated carbocycles. The van der Waals surface area contributed by atoms with Crippen molar-refractivity contribution in [1.29, 1.82) is 0 Å². The normalized spacial score (nSPS) is 11.7. The molecule has 0 fully saturated rings. The zero-order valence-corrected chi connectivity index (χ0v) is 26.9. The molecule has 47 heavy (non-hydrogen) atoms. The van der Waals surface area contributed by atoms with Gasteiger partial charge in [0.05, 0.1) is 19.1 Å². The van der Waals surface area contributed by atoms with E-state index in [2.05, 4.69) is 10.0 Å². The summed E-state index contributed by atoms with van der Waals surface area (Å²) in [6, 6.07) is 20.4. The average molecular weight is 668 g/mol. The number of rotatable bonds is 15. The first-order valence-corrected chi connectivity index (χ1v) is 16.0. The van der Waals surface area contributed by atoms with Crippen molar-refractivity contribution in [3.63, 3.8) is 0 Å². The van der Waals surface area contributed by atoms with E-state index in [1.165, 1.54) is 72.7 Å². The molecule has 4 rings (SSSR count). The van der Waals surface area contributed by atoms with Crippen molar-refractivity contribution in [3.05, 3.63) is 114 Å². The highest BCUT2D eigenvalue weighted by Gasteiger charge is 2.26. The van der Waals surface area contributed by atoms with Crippen LogP contribution >= 0.6 is 0 Å². The summed E-state index contributed by atoms with van der Waals surface area (Å²) >= 11 is 0. The van der Waals surface area contributed by atoms with Gasteiger partial charge in [0.15, 0.2) is 18.1 Å². The third-order valence-corrected chi connectivity index (χ3v) is 8.58. The predicted octanol–water partition coefficient (Wildman–Crippen LogP) is 4.94. The summed E-state index contributed by atoms with van der Waals surface area (Å²) in [5, 5.41) is 2.85. The molecule has 0 aliphatic heterocycles. The number of anilines is 1. The molecule has 0 bridgehead atoms. The van der Waals surface area contributed by atoms with Crippen molar-refractivity contribution in [2.45, 2.75) is 30.8 Å². The zero-order valence-electron chi connectivity index (χ0n) is 26.0. The number of nitrogens with one attached hydrogen (secondary N) is 2. The molecule has 10 nitrogen and oxygen atoms in total. The molecule has 13 heteroatoms. The lowest BCUT2D eigenvalue weighted by Crippen LogP contribution is -2.49. The Labute approximate surface area is 272 Å². The van der Waals surface area contributed by atoms with E-state index < -0.39 is 46.1 Å². The van der Waals surface area contributed by atoms with Crippen LogP contribution in [0.25, 0.3) is 0 Å². The average Bonchev–Trinajstić information content (AvgIpc) is 3.07. The topological polar surface area (TPSA) is 123 Å². The highest BCUT2D eigenvalue weighted by atomic mass is 32.2. The zero-order chi connectivity index (χ0) is 34.0. The van der Waals surface area contributed by atoms with E-state index in [9.17, 15) is 26.8 Å². The number of sulfonamides is 1. The van der Waals surface area contributed by atoms with Crippen LogP contribution in [0.3, 0.4) is 0 Å². The van der Waals surface area contributed by atoms with Crippen molar-refractivity contribution < 1.29 is 41.0 Å². The van der Waals surface area contributed by atoms with Crippen molar-refractivity contribution in [3.8, 4) is 17.2 Å². The maximum atomic E-state index is 13.5. The molecule has 0 heterocycles. The van der Waals surface area contributed by atoms with E-state index in [0.29, 0.717) is 30.0 Å². The highest BCUT2D eigenvalue weighted by molar-refractivity contribution is 7.92. The number of benzene rings is 4. The molecule has 2 N–H and O–H groups in total. The van der Waals surface area contributed by atoms with Crippen LogP contribution < -0.4 is 24.2 Å². The van der Waals surface area contributed by atoms with E-state index in [-0.39, 0.29) is 22.9 Å². The Hall–Kier alpha value is -5.17. The third kappa shape index (κ3) is 9.66. The number of hydrogen-bond acceptors (Lipinski definition) is 7. The number of halogens is 2. The molecule has 4 aromatic carbocycles. The van der Waals surface area contributed by atoms with Crippen LogP contribution in [0.2, 0.25) is 0 Å². The molecule has 0 unspecified atom stereocenters. The Kier molecular flexibility index (Phi) is 11.7. The lowest BCUT2D eigenvalue weighted by molar-refractivity contribution is -0.142. The van der Waals surface area contributed by atoms with E-state index in [4.69, 9.17) is 14.2 Å². The Morgan fingerprint density at radius 1 is 0.809 bits per heavy atom. The van der Waals surface area contributed by atoms with Gasteiger partial charge in [-0.25, -0.2) is 17.2 Å². The molecule has 0 aromatic heterocycles. The minimum Gasteiger partial charge on any atom is -0.493 e. The summed E-state index contributed by atoms with van der Waals surface area (Å²) in [6.07, 6.45) is 0.499. The predicted molar refractivity (Wildman–Crippen MR) is 172 cm³/mol. The molecule has 0 aliphatic rings. The van der Waals surface area contributed by atoms with Gasteiger partial charge in [-0.15, -0.1) is 0 Å². The van der Waals surface area contributed by atoms with Gasteiger partial charge in [0.2, 0.25) is 5.91 Å². The largest absolute Gasteiger partial charge is 0.493 e. The first-order valence-electron chi connectivity index (χ1n) is 14.5. The molecule has 248 valence electrons. The van der Waals surface area contributed by atoms with Crippen LogP contribution in [-0.2, 0) is 32.6 Å². The third-order valence-electron chi connectivity index (χ3n) is 7.19. The van der Waals surface area contributed by atoms with Crippen molar-refractivity contribution in [2.75, 3.05) is 32.1 Å². The quantitative estimate of drug-likeness (QED) is 0.184. The summed E-state index contributed by atoms with van der Waals surface area (Å²) in [4.78, 5) is 27.8. The number of nitrogens with zero attached hydrogens (tertiary/aromatic N) is 1. The maximum absolute atomic E-state index is 13.5. The lowest BCUT2D eigenvalue weighted by Gasteiger charge is -2.28. The van der Waals surface area contributed by atoms with Gasteiger partial charge in [-0.05, 0) is 97.3 Å². The summed E-state index contributed by atoms with van der Waals surface area (Å²) in [6.45, 7) is 1.43. The van der Waals surface area contributed by atoms with Gasteiger partial charge in [-0.2, -0.15) is 0 Å². The first-order chi connectivity index (χ1) is 22.5. The highest BCUT2D eigenvalue weighted by Crippen LogP contribution is 2.27. The fraction of sp³-hybridized carbons (Fsp3) is 0.235. The second-order valence-corrected chi connectivity index (χ2v) is 12.1. The van der Waals surface area contributed by atoms with Crippen LogP contribution in [-0.4, -0.2) is 58.5 Å². The fourth-order valence-electron chi connectivity index (χ4n) is 4.56. The summed E-state index contributed by atoms with van der Waals surface area (Å²) in [7, 11) is -0.882. The van der Waals surface area contributed by atoms with Gasteiger partial charge in [-0.1, -0.05) is 18.2 Å². The van der Waals surface area contributed by atoms with Crippen LogP contribution in [0.1, 0.15) is 18.1 Å². The first kappa shape index (κ1) is 34.7. The number of methoxy groups -OCH3 is 2. The smallest absolute Gasteiger partial charge is 0.261 e. The van der Waals surface area contributed by atoms with Gasteiger partial charge in [0, 0.05) is 18.8 Å². The molecule has 2 amide bonds. The number of ether oxygens (including phenoxy) is 3. The Balaban J connectivity index is 1.39. The van der Waals surface area contributed by atoms with Crippen LogP contribution in [0.15, 0.2) is 95.9 Å².